The normalized spacial score (nSPS) is 10.4. The number of amides is 1. The monoisotopic (exact) mass is 288 g/mol. The molecule has 1 aromatic heterocycles. The number of anilines is 2. The van der Waals surface area contributed by atoms with E-state index >= 15 is 0 Å². The van der Waals surface area contributed by atoms with Crippen molar-refractivity contribution in [1.82, 2.24) is 20.5 Å². The Morgan fingerprint density at radius 3 is 2.86 bits per heavy atom. The largest absolute Gasteiger partial charge is 0.397 e. The Kier molecular flexibility index (Phi) is 4.76. The van der Waals surface area contributed by atoms with E-state index in [1.54, 1.807) is 12.1 Å². The lowest BCUT2D eigenvalue weighted by Gasteiger charge is -2.15. The summed E-state index contributed by atoms with van der Waals surface area (Å²) in [5, 5.41) is 9.43. The number of hydrogen-bond donors (Lipinski definition) is 3. The third-order valence-electron chi connectivity index (χ3n) is 3.11. The van der Waals surface area contributed by atoms with Crippen molar-refractivity contribution in [3.8, 4) is 0 Å². The predicted octanol–water partition coefficient (Wildman–Crippen LogP) is 0.815. The second kappa shape index (κ2) is 6.74. The van der Waals surface area contributed by atoms with Crippen LogP contribution in [-0.4, -0.2) is 41.7 Å². The van der Waals surface area contributed by atoms with Crippen LogP contribution in [0.3, 0.4) is 0 Å². The van der Waals surface area contributed by atoms with Crippen LogP contribution in [0.4, 0.5) is 11.4 Å². The number of aromatic amines is 1. The van der Waals surface area contributed by atoms with E-state index in [0.29, 0.717) is 17.8 Å². The summed E-state index contributed by atoms with van der Waals surface area (Å²) in [6, 6.07) is 5.32. The van der Waals surface area contributed by atoms with Crippen molar-refractivity contribution in [1.29, 1.82) is 0 Å². The highest BCUT2D eigenvalue weighted by Gasteiger charge is 2.08. The van der Waals surface area contributed by atoms with Gasteiger partial charge in [0.15, 0.2) is 0 Å². The number of benzene rings is 1. The van der Waals surface area contributed by atoms with Crippen molar-refractivity contribution in [2.24, 2.45) is 0 Å². The fourth-order valence-corrected chi connectivity index (χ4v) is 2.01. The molecule has 2 aromatic rings. The van der Waals surface area contributed by atoms with Crippen LogP contribution in [0, 0.1) is 0 Å². The average molecular weight is 288 g/mol. The maximum absolute atomic E-state index is 12.0. The van der Waals surface area contributed by atoms with Gasteiger partial charge in [0.2, 0.25) is 0 Å². The highest BCUT2D eigenvalue weighted by molar-refractivity contribution is 5.96. The van der Waals surface area contributed by atoms with Crippen molar-refractivity contribution in [2.75, 3.05) is 31.3 Å². The van der Waals surface area contributed by atoms with Crippen molar-refractivity contribution >= 4 is 17.3 Å². The first-order valence-electron chi connectivity index (χ1n) is 6.77. The summed E-state index contributed by atoms with van der Waals surface area (Å²) in [6.07, 6.45) is 3.02. The molecule has 0 aliphatic carbocycles. The van der Waals surface area contributed by atoms with Gasteiger partial charge in [-0.15, -0.1) is 0 Å². The molecule has 0 saturated heterocycles. The molecule has 0 bridgehead atoms. The highest BCUT2D eigenvalue weighted by Crippen LogP contribution is 2.22. The molecule has 1 aromatic carbocycles. The molecule has 21 heavy (non-hydrogen) atoms. The van der Waals surface area contributed by atoms with Gasteiger partial charge in [-0.05, 0) is 24.6 Å². The van der Waals surface area contributed by atoms with Crippen LogP contribution in [0.5, 0.6) is 0 Å². The summed E-state index contributed by atoms with van der Waals surface area (Å²) >= 11 is 0. The number of carbonyl (C=O) groups is 1. The maximum atomic E-state index is 12.0. The molecule has 0 saturated carbocycles. The van der Waals surface area contributed by atoms with Gasteiger partial charge in [-0.2, -0.15) is 5.10 Å². The Morgan fingerprint density at radius 2 is 2.24 bits per heavy atom. The van der Waals surface area contributed by atoms with E-state index in [1.807, 2.05) is 25.1 Å². The molecule has 1 heterocycles. The second-order valence-electron chi connectivity index (χ2n) is 4.96. The zero-order chi connectivity index (χ0) is 15.2. The van der Waals surface area contributed by atoms with Crippen LogP contribution in [-0.2, 0) is 6.42 Å². The Morgan fingerprint density at radius 1 is 1.43 bits per heavy atom. The summed E-state index contributed by atoms with van der Waals surface area (Å²) in [4.78, 5) is 18.0. The molecule has 0 fully saturated rings. The number of nitrogens with zero attached hydrogens (tertiary/aromatic N) is 3. The molecule has 0 aliphatic rings. The number of hydrogen-bond acceptors (Lipinski definition) is 5. The third-order valence-corrected chi connectivity index (χ3v) is 3.11. The van der Waals surface area contributed by atoms with Crippen LogP contribution >= 0.6 is 0 Å². The smallest absolute Gasteiger partial charge is 0.251 e. The topological polar surface area (TPSA) is 99.9 Å². The van der Waals surface area contributed by atoms with E-state index in [0.717, 1.165) is 24.4 Å². The van der Waals surface area contributed by atoms with Gasteiger partial charge in [0.25, 0.3) is 5.91 Å². The quantitative estimate of drug-likeness (QED) is 0.539. The molecule has 112 valence electrons. The fourth-order valence-electron chi connectivity index (χ4n) is 2.01. The first kappa shape index (κ1) is 14.8. The second-order valence-corrected chi connectivity index (χ2v) is 4.96. The SMILES string of the molecule is CN(C)c1ccc(C(=O)NCCCc2ncn[nH]2)cc1N. The number of nitrogens with two attached hydrogens (primary N) is 1. The summed E-state index contributed by atoms with van der Waals surface area (Å²) < 4.78 is 0. The summed E-state index contributed by atoms with van der Waals surface area (Å²) in [5.41, 5.74) is 8.00. The van der Waals surface area contributed by atoms with Crippen LogP contribution in [0.15, 0.2) is 24.5 Å². The molecule has 1 amide bonds. The van der Waals surface area contributed by atoms with Gasteiger partial charge >= 0.3 is 0 Å². The predicted molar refractivity (Wildman–Crippen MR) is 82.2 cm³/mol. The number of H-pyrrole nitrogens is 1. The van der Waals surface area contributed by atoms with E-state index in [4.69, 9.17) is 5.73 Å². The molecular formula is C14H20N6O. The average Bonchev–Trinajstić information content (AvgIpc) is 2.96. The number of aromatic nitrogens is 3. The molecule has 0 radical (unpaired) electrons. The summed E-state index contributed by atoms with van der Waals surface area (Å²) in [6.45, 7) is 0.578. The van der Waals surface area contributed by atoms with Gasteiger partial charge in [-0.1, -0.05) is 0 Å². The number of rotatable bonds is 6. The van der Waals surface area contributed by atoms with Crippen LogP contribution in [0.25, 0.3) is 0 Å². The van der Waals surface area contributed by atoms with Gasteiger partial charge < -0.3 is 16.0 Å². The van der Waals surface area contributed by atoms with Gasteiger partial charge in [0.1, 0.15) is 12.2 Å². The minimum Gasteiger partial charge on any atom is -0.397 e. The van der Waals surface area contributed by atoms with E-state index in [-0.39, 0.29) is 5.91 Å². The molecule has 0 atom stereocenters. The van der Waals surface area contributed by atoms with E-state index < -0.39 is 0 Å². The summed E-state index contributed by atoms with van der Waals surface area (Å²) in [5.74, 6) is 0.702. The Balaban J connectivity index is 1.84. The Labute approximate surface area is 123 Å². The number of carbonyl (C=O) groups excluding carboxylic acids is 1. The zero-order valence-electron chi connectivity index (χ0n) is 12.3. The zero-order valence-corrected chi connectivity index (χ0v) is 12.3. The van der Waals surface area contributed by atoms with Crippen molar-refractivity contribution in [2.45, 2.75) is 12.8 Å². The number of nitrogen functional groups attached to an aromatic ring is 1. The molecule has 7 heteroatoms. The van der Waals surface area contributed by atoms with E-state index in [2.05, 4.69) is 20.5 Å². The van der Waals surface area contributed by atoms with Crippen molar-refractivity contribution in [3.63, 3.8) is 0 Å². The van der Waals surface area contributed by atoms with Crippen LogP contribution in [0.2, 0.25) is 0 Å². The molecular weight excluding hydrogens is 268 g/mol. The van der Waals surface area contributed by atoms with Crippen molar-refractivity contribution < 1.29 is 4.79 Å². The number of nitrogens with one attached hydrogen (secondary N) is 2. The van der Waals surface area contributed by atoms with Crippen molar-refractivity contribution in [3.05, 3.63) is 35.9 Å². The van der Waals surface area contributed by atoms with E-state index in [1.165, 1.54) is 6.33 Å². The van der Waals surface area contributed by atoms with Gasteiger partial charge in [0, 0.05) is 32.6 Å². The minimum atomic E-state index is -0.121. The van der Waals surface area contributed by atoms with Crippen LogP contribution in [0.1, 0.15) is 22.6 Å². The minimum absolute atomic E-state index is 0.121. The molecule has 4 N–H and O–H groups in total. The van der Waals surface area contributed by atoms with Gasteiger partial charge in [-0.25, -0.2) is 4.98 Å². The number of aryl methyl sites for hydroxylation is 1. The lowest BCUT2D eigenvalue weighted by atomic mass is 10.1. The first-order valence-corrected chi connectivity index (χ1v) is 6.77. The molecule has 2 rings (SSSR count). The Hall–Kier alpha value is -2.57. The molecule has 0 unspecified atom stereocenters. The van der Waals surface area contributed by atoms with Gasteiger partial charge in [0.05, 0.1) is 11.4 Å². The van der Waals surface area contributed by atoms with E-state index in [9.17, 15) is 4.79 Å². The first-order chi connectivity index (χ1) is 10.1. The molecule has 7 nitrogen and oxygen atoms in total. The lowest BCUT2D eigenvalue weighted by Crippen LogP contribution is -2.25. The standard InChI is InChI=1S/C14H20N6O/c1-20(2)12-6-5-10(8-11(12)15)14(21)16-7-3-4-13-17-9-18-19-13/h5-6,8-9H,3-4,7,15H2,1-2H3,(H,16,21)(H,17,18,19). The highest BCUT2D eigenvalue weighted by atomic mass is 16.1. The Bertz CT molecular complexity index is 594. The fraction of sp³-hybridized carbons (Fsp3) is 0.357. The van der Waals surface area contributed by atoms with Crippen LogP contribution < -0.4 is 16.0 Å². The lowest BCUT2D eigenvalue weighted by molar-refractivity contribution is 0.0953. The molecule has 0 aliphatic heterocycles. The molecule has 0 spiro atoms. The van der Waals surface area contributed by atoms with Gasteiger partial charge in [-0.3, -0.25) is 9.89 Å². The summed E-state index contributed by atoms with van der Waals surface area (Å²) in [7, 11) is 3.82. The third kappa shape index (κ3) is 3.95. The maximum Gasteiger partial charge on any atom is 0.251 e.